The first-order valence-corrected chi connectivity index (χ1v) is 8.19. The molecule has 3 rings (SSSR count). The second-order valence-corrected chi connectivity index (χ2v) is 7.26. The molecule has 0 unspecified atom stereocenters. The molecule has 2 aliphatic heterocycles. The van der Waals surface area contributed by atoms with Crippen molar-refractivity contribution in [2.75, 3.05) is 26.3 Å². The molecule has 2 aliphatic rings. The molecule has 1 aromatic heterocycles. The van der Waals surface area contributed by atoms with Gasteiger partial charge in [-0.25, -0.2) is 0 Å². The molecule has 0 bridgehead atoms. The van der Waals surface area contributed by atoms with E-state index in [2.05, 4.69) is 0 Å². The Bertz CT molecular complexity index is 494. The number of ether oxygens (including phenoxy) is 2. The van der Waals surface area contributed by atoms with Crippen molar-refractivity contribution in [3.8, 4) is 0 Å². The monoisotopic (exact) mass is 335 g/mol. The number of hydrogen-bond acceptors (Lipinski definition) is 4. The zero-order valence-electron chi connectivity index (χ0n) is 10.8. The minimum atomic E-state index is -0.0913. The first-order chi connectivity index (χ1) is 9.65. The van der Waals surface area contributed by atoms with Gasteiger partial charge >= 0.3 is 0 Å². The predicted molar refractivity (Wildman–Crippen MR) is 78.7 cm³/mol. The number of amides is 1. The summed E-state index contributed by atoms with van der Waals surface area (Å²) in [6, 6.07) is 1.65. The Morgan fingerprint density at radius 3 is 2.45 bits per heavy atom. The lowest BCUT2D eigenvalue weighted by Gasteiger charge is -2.33. The summed E-state index contributed by atoms with van der Waals surface area (Å²) in [4.78, 5) is 14.2. The van der Waals surface area contributed by atoms with E-state index in [9.17, 15) is 4.79 Å². The van der Waals surface area contributed by atoms with Gasteiger partial charge in [0.15, 0.2) is 6.29 Å². The van der Waals surface area contributed by atoms with E-state index in [4.69, 9.17) is 32.7 Å². The lowest BCUT2D eigenvalue weighted by atomic mass is 9.96. The fourth-order valence-corrected chi connectivity index (χ4v) is 4.13. The van der Waals surface area contributed by atoms with E-state index in [1.807, 2.05) is 4.90 Å². The summed E-state index contributed by atoms with van der Waals surface area (Å²) in [7, 11) is 0. The molecular weight excluding hydrogens is 321 g/mol. The number of likely N-dealkylation sites (tertiary alicyclic amines) is 1. The van der Waals surface area contributed by atoms with Crippen LogP contribution in [0.2, 0.25) is 8.67 Å². The molecule has 20 heavy (non-hydrogen) atoms. The van der Waals surface area contributed by atoms with Crippen LogP contribution in [0.1, 0.15) is 23.2 Å². The van der Waals surface area contributed by atoms with Crippen molar-refractivity contribution in [2.45, 2.75) is 19.1 Å². The van der Waals surface area contributed by atoms with Gasteiger partial charge in [-0.15, -0.1) is 11.3 Å². The number of rotatable bonds is 2. The number of hydrogen-bond donors (Lipinski definition) is 0. The highest BCUT2D eigenvalue weighted by molar-refractivity contribution is 7.20. The summed E-state index contributed by atoms with van der Waals surface area (Å²) >= 11 is 13.2. The fourth-order valence-electron chi connectivity index (χ4n) is 2.68. The first kappa shape index (κ1) is 14.6. The van der Waals surface area contributed by atoms with Gasteiger partial charge in [0.25, 0.3) is 5.91 Å². The van der Waals surface area contributed by atoms with E-state index >= 15 is 0 Å². The SMILES string of the molecule is O=C(c1cc(Cl)sc1Cl)N1CCC(C2OCCO2)CC1. The van der Waals surface area contributed by atoms with Crippen LogP contribution in [0, 0.1) is 5.92 Å². The van der Waals surface area contributed by atoms with Crippen LogP contribution < -0.4 is 0 Å². The zero-order valence-corrected chi connectivity index (χ0v) is 13.1. The lowest BCUT2D eigenvalue weighted by Crippen LogP contribution is -2.41. The third-order valence-corrected chi connectivity index (χ3v) is 5.23. The summed E-state index contributed by atoms with van der Waals surface area (Å²) < 4.78 is 12.1. The molecule has 0 N–H and O–H groups in total. The third kappa shape index (κ3) is 2.97. The van der Waals surface area contributed by atoms with Crippen LogP contribution in [0.25, 0.3) is 0 Å². The fraction of sp³-hybridized carbons (Fsp3) is 0.615. The van der Waals surface area contributed by atoms with Crippen LogP contribution in [0.3, 0.4) is 0 Å². The molecule has 2 fully saturated rings. The topological polar surface area (TPSA) is 38.8 Å². The van der Waals surface area contributed by atoms with Gasteiger partial charge < -0.3 is 14.4 Å². The Hall–Kier alpha value is -0.330. The number of carbonyl (C=O) groups is 1. The molecule has 0 aliphatic carbocycles. The number of carbonyl (C=O) groups excluding carboxylic acids is 1. The molecule has 0 atom stereocenters. The van der Waals surface area contributed by atoms with E-state index in [1.54, 1.807) is 6.07 Å². The van der Waals surface area contributed by atoms with Crippen LogP contribution >= 0.6 is 34.5 Å². The van der Waals surface area contributed by atoms with Crippen LogP contribution in [0.5, 0.6) is 0 Å². The van der Waals surface area contributed by atoms with Gasteiger partial charge in [0, 0.05) is 19.0 Å². The molecule has 0 spiro atoms. The van der Waals surface area contributed by atoms with Crippen molar-refractivity contribution in [3.05, 3.63) is 20.3 Å². The normalized spacial score (nSPS) is 21.6. The van der Waals surface area contributed by atoms with Crippen molar-refractivity contribution >= 4 is 40.4 Å². The first-order valence-electron chi connectivity index (χ1n) is 6.62. The minimum Gasteiger partial charge on any atom is -0.350 e. The summed E-state index contributed by atoms with van der Waals surface area (Å²) in [5, 5.41) is 0. The van der Waals surface area contributed by atoms with Gasteiger partial charge in [0.2, 0.25) is 0 Å². The second kappa shape index (κ2) is 6.20. The highest BCUT2D eigenvalue weighted by Crippen LogP contribution is 2.33. The third-order valence-electron chi connectivity index (χ3n) is 3.75. The van der Waals surface area contributed by atoms with E-state index in [0.717, 1.165) is 12.8 Å². The smallest absolute Gasteiger partial charge is 0.256 e. The molecule has 2 saturated heterocycles. The maximum absolute atomic E-state index is 12.4. The second-order valence-electron chi connectivity index (χ2n) is 4.98. The summed E-state index contributed by atoms with van der Waals surface area (Å²) in [6.45, 7) is 2.76. The van der Waals surface area contributed by atoms with Crippen LogP contribution in [-0.2, 0) is 9.47 Å². The Morgan fingerprint density at radius 2 is 1.90 bits per heavy atom. The number of piperidine rings is 1. The molecule has 0 radical (unpaired) electrons. The quantitative estimate of drug-likeness (QED) is 0.832. The van der Waals surface area contributed by atoms with Crippen LogP contribution in [-0.4, -0.2) is 43.4 Å². The van der Waals surface area contributed by atoms with E-state index in [-0.39, 0.29) is 12.2 Å². The van der Waals surface area contributed by atoms with Crippen molar-refractivity contribution in [3.63, 3.8) is 0 Å². The maximum atomic E-state index is 12.4. The highest BCUT2D eigenvalue weighted by atomic mass is 35.5. The Morgan fingerprint density at radius 1 is 1.25 bits per heavy atom. The van der Waals surface area contributed by atoms with Crippen molar-refractivity contribution < 1.29 is 14.3 Å². The van der Waals surface area contributed by atoms with Gasteiger partial charge in [-0.2, -0.15) is 0 Å². The minimum absolute atomic E-state index is 0.0372. The molecule has 110 valence electrons. The molecular formula is C13H15Cl2NO3S. The molecule has 1 amide bonds. The molecule has 0 aromatic carbocycles. The van der Waals surface area contributed by atoms with Gasteiger partial charge in [-0.3, -0.25) is 4.79 Å². The van der Waals surface area contributed by atoms with Crippen LogP contribution in [0.15, 0.2) is 6.07 Å². The Balaban J connectivity index is 1.60. The van der Waals surface area contributed by atoms with Crippen LogP contribution in [0.4, 0.5) is 0 Å². The number of nitrogens with zero attached hydrogens (tertiary/aromatic N) is 1. The highest BCUT2D eigenvalue weighted by Gasteiger charge is 2.32. The van der Waals surface area contributed by atoms with Gasteiger partial charge in [-0.1, -0.05) is 23.2 Å². The summed E-state index contributed by atoms with van der Waals surface area (Å²) in [5.74, 6) is 0.341. The Labute approximate surface area is 131 Å². The molecule has 4 nitrogen and oxygen atoms in total. The van der Waals surface area contributed by atoms with E-state index in [0.29, 0.717) is 46.5 Å². The average Bonchev–Trinajstić information content (AvgIpc) is 3.08. The molecule has 0 saturated carbocycles. The molecule has 1 aromatic rings. The van der Waals surface area contributed by atoms with Crippen molar-refractivity contribution in [2.24, 2.45) is 5.92 Å². The number of halogens is 2. The number of thiophene rings is 1. The average molecular weight is 336 g/mol. The van der Waals surface area contributed by atoms with Gasteiger partial charge in [0.1, 0.15) is 4.34 Å². The van der Waals surface area contributed by atoms with E-state index < -0.39 is 0 Å². The van der Waals surface area contributed by atoms with Gasteiger partial charge in [0.05, 0.1) is 23.1 Å². The zero-order chi connectivity index (χ0) is 14.1. The summed E-state index contributed by atoms with van der Waals surface area (Å²) in [6.07, 6.45) is 1.70. The summed E-state index contributed by atoms with van der Waals surface area (Å²) in [5.41, 5.74) is 0.508. The lowest BCUT2D eigenvalue weighted by molar-refractivity contribution is -0.0956. The molecule has 3 heterocycles. The van der Waals surface area contributed by atoms with Gasteiger partial charge in [-0.05, 0) is 18.9 Å². The van der Waals surface area contributed by atoms with E-state index in [1.165, 1.54) is 11.3 Å². The standard InChI is InChI=1S/C13H15Cl2NO3S/c14-10-7-9(11(15)20-10)12(17)16-3-1-8(2-4-16)13-18-5-6-19-13/h7-8,13H,1-6H2. The Kier molecular flexibility index (Phi) is 4.52. The predicted octanol–water partition coefficient (Wildman–Crippen LogP) is 3.28. The van der Waals surface area contributed by atoms with Crippen molar-refractivity contribution in [1.29, 1.82) is 0 Å². The maximum Gasteiger partial charge on any atom is 0.256 e. The largest absolute Gasteiger partial charge is 0.350 e. The van der Waals surface area contributed by atoms with Crippen molar-refractivity contribution in [1.82, 2.24) is 4.90 Å². The molecule has 7 heteroatoms.